The zero-order valence-electron chi connectivity index (χ0n) is 14.3. The first-order chi connectivity index (χ1) is 12.7. The molecule has 2 aromatic rings. The van der Waals surface area contributed by atoms with Crippen LogP contribution in [0.5, 0.6) is 17.8 Å². The van der Waals surface area contributed by atoms with Gasteiger partial charge in [-0.05, 0) is 18.2 Å². The van der Waals surface area contributed by atoms with Crippen molar-refractivity contribution < 1.29 is 36.2 Å². The van der Waals surface area contributed by atoms with E-state index in [0.29, 0.717) is 0 Å². The molecule has 146 valence electrons. The predicted molar refractivity (Wildman–Crippen MR) is 87.9 cm³/mol. The van der Waals surface area contributed by atoms with Gasteiger partial charge in [0.15, 0.2) is 0 Å². The van der Waals surface area contributed by atoms with E-state index in [9.17, 15) is 22.0 Å². The summed E-state index contributed by atoms with van der Waals surface area (Å²) in [5.41, 5.74) is -0.728. The smallest absolute Gasteiger partial charge is 0.355 e. The highest BCUT2D eigenvalue weighted by Gasteiger charge is 2.27. The van der Waals surface area contributed by atoms with E-state index >= 15 is 0 Å². The van der Waals surface area contributed by atoms with Gasteiger partial charge in [0.2, 0.25) is 11.6 Å². The van der Waals surface area contributed by atoms with Crippen molar-refractivity contribution in [2.24, 2.45) is 0 Å². The fraction of sp³-hybridized carbons (Fsp3) is 0.286. The van der Waals surface area contributed by atoms with E-state index in [0.717, 1.165) is 12.1 Å². The maximum Gasteiger partial charge on any atom is 0.355 e. The molecule has 0 aliphatic heterocycles. The van der Waals surface area contributed by atoms with E-state index in [2.05, 4.69) is 15.0 Å². The SMILES string of the molecule is COc1ccc(NS(=O)(=O)C(F)F)c(C(=O)c2nc(OC)nc(OC)n2)c1. The van der Waals surface area contributed by atoms with Crippen LogP contribution in [0.4, 0.5) is 14.5 Å². The van der Waals surface area contributed by atoms with Crippen molar-refractivity contribution in [3.63, 3.8) is 0 Å². The number of carbonyl (C=O) groups excluding carboxylic acids is 1. The van der Waals surface area contributed by atoms with E-state index in [1.807, 2.05) is 0 Å². The number of alkyl halides is 2. The average Bonchev–Trinajstić information content (AvgIpc) is 2.66. The van der Waals surface area contributed by atoms with Crippen molar-refractivity contribution >= 4 is 21.5 Å². The van der Waals surface area contributed by atoms with Crippen LogP contribution in [0.25, 0.3) is 0 Å². The number of carbonyl (C=O) groups is 1. The Hall–Kier alpha value is -3.09. The zero-order chi connectivity index (χ0) is 20.2. The van der Waals surface area contributed by atoms with Crippen LogP contribution in [0.2, 0.25) is 0 Å². The Morgan fingerprint density at radius 3 is 2.11 bits per heavy atom. The molecule has 0 atom stereocenters. The summed E-state index contributed by atoms with van der Waals surface area (Å²) < 4.78 is 64.6. The Labute approximate surface area is 152 Å². The molecule has 1 N–H and O–H groups in total. The third kappa shape index (κ3) is 4.55. The first-order valence-corrected chi connectivity index (χ1v) is 8.63. The van der Waals surface area contributed by atoms with Crippen LogP contribution in [0.1, 0.15) is 16.2 Å². The highest BCUT2D eigenvalue weighted by molar-refractivity contribution is 7.93. The number of nitrogens with one attached hydrogen (secondary N) is 1. The van der Waals surface area contributed by atoms with Crippen molar-refractivity contribution in [1.29, 1.82) is 0 Å². The second-order valence-electron chi connectivity index (χ2n) is 4.78. The van der Waals surface area contributed by atoms with Crippen LogP contribution in [-0.2, 0) is 10.0 Å². The number of ether oxygens (including phenoxy) is 3. The molecule has 0 aliphatic rings. The monoisotopic (exact) mass is 404 g/mol. The molecule has 0 bridgehead atoms. The van der Waals surface area contributed by atoms with Crippen LogP contribution in [0.15, 0.2) is 18.2 Å². The number of methoxy groups -OCH3 is 3. The zero-order valence-corrected chi connectivity index (χ0v) is 15.1. The third-order valence-electron chi connectivity index (χ3n) is 3.12. The number of benzene rings is 1. The summed E-state index contributed by atoms with van der Waals surface area (Å²) in [6.07, 6.45) is 0. The Balaban J connectivity index is 2.57. The van der Waals surface area contributed by atoms with Crippen molar-refractivity contribution in [1.82, 2.24) is 15.0 Å². The lowest BCUT2D eigenvalue weighted by Gasteiger charge is -2.13. The molecule has 1 aromatic carbocycles. The molecule has 1 aromatic heterocycles. The Bertz CT molecular complexity index is 932. The number of hydrogen-bond donors (Lipinski definition) is 1. The minimum absolute atomic E-state index is 0.173. The maximum atomic E-state index is 12.8. The molecule has 2 rings (SSSR count). The molecule has 1 heterocycles. The molecule has 10 nitrogen and oxygen atoms in total. The van der Waals surface area contributed by atoms with Crippen molar-refractivity contribution in [3.05, 3.63) is 29.6 Å². The van der Waals surface area contributed by atoms with Crippen LogP contribution < -0.4 is 18.9 Å². The first-order valence-electron chi connectivity index (χ1n) is 7.08. The van der Waals surface area contributed by atoms with Gasteiger partial charge in [-0.2, -0.15) is 18.7 Å². The highest BCUT2D eigenvalue weighted by atomic mass is 32.2. The average molecular weight is 404 g/mol. The number of nitrogens with zero attached hydrogens (tertiary/aromatic N) is 3. The van der Waals surface area contributed by atoms with Gasteiger partial charge in [0.1, 0.15) is 5.75 Å². The normalized spacial score (nSPS) is 11.2. The molecular formula is C14H14F2N4O6S. The van der Waals surface area contributed by atoms with Gasteiger partial charge in [-0.1, -0.05) is 0 Å². The van der Waals surface area contributed by atoms with E-state index in [1.54, 1.807) is 4.72 Å². The summed E-state index contributed by atoms with van der Waals surface area (Å²) >= 11 is 0. The molecule has 0 unspecified atom stereocenters. The molecule has 0 aliphatic carbocycles. The minimum Gasteiger partial charge on any atom is -0.497 e. The van der Waals surface area contributed by atoms with Crippen molar-refractivity contribution in [2.45, 2.75) is 5.76 Å². The van der Waals surface area contributed by atoms with Crippen LogP contribution in [0.3, 0.4) is 0 Å². The number of halogens is 2. The van der Waals surface area contributed by atoms with Gasteiger partial charge in [0.05, 0.1) is 32.6 Å². The van der Waals surface area contributed by atoms with Gasteiger partial charge in [0.25, 0.3) is 10.0 Å². The second-order valence-corrected chi connectivity index (χ2v) is 6.43. The number of ketones is 1. The summed E-state index contributed by atoms with van der Waals surface area (Å²) in [7, 11) is -1.21. The van der Waals surface area contributed by atoms with Gasteiger partial charge in [-0.3, -0.25) is 9.52 Å². The lowest BCUT2D eigenvalue weighted by molar-refractivity contribution is 0.102. The van der Waals surface area contributed by atoms with Gasteiger partial charge < -0.3 is 14.2 Å². The van der Waals surface area contributed by atoms with E-state index in [4.69, 9.17) is 14.2 Å². The molecule has 0 saturated carbocycles. The molecule has 0 amide bonds. The van der Waals surface area contributed by atoms with Gasteiger partial charge in [0, 0.05) is 0 Å². The Morgan fingerprint density at radius 1 is 1.04 bits per heavy atom. The fourth-order valence-corrected chi connectivity index (χ4v) is 2.44. The van der Waals surface area contributed by atoms with Gasteiger partial charge in [-0.25, -0.2) is 8.42 Å². The number of anilines is 1. The molecular weight excluding hydrogens is 390 g/mol. The summed E-state index contributed by atoms with van der Waals surface area (Å²) in [6, 6.07) is 3.07. The summed E-state index contributed by atoms with van der Waals surface area (Å²) in [4.78, 5) is 24.0. The second kappa shape index (κ2) is 8.07. The quantitative estimate of drug-likeness (QED) is 0.643. The van der Waals surface area contributed by atoms with Crippen LogP contribution >= 0.6 is 0 Å². The maximum absolute atomic E-state index is 12.8. The number of sulfonamides is 1. The molecule has 13 heteroatoms. The molecule has 0 radical (unpaired) electrons. The first kappa shape index (κ1) is 20.2. The predicted octanol–water partition coefficient (Wildman–Crippen LogP) is 1.09. The summed E-state index contributed by atoms with van der Waals surface area (Å²) in [5.74, 6) is -4.88. The van der Waals surface area contributed by atoms with Crippen LogP contribution in [-0.4, -0.2) is 56.2 Å². The van der Waals surface area contributed by atoms with Crippen LogP contribution in [0, 0.1) is 0 Å². The lowest BCUT2D eigenvalue weighted by Crippen LogP contribution is -2.22. The highest BCUT2D eigenvalue weighted by Crippen LogP contribution is 2.26. The molecule has 0 saturated heterocycles. The number of hydrogen-bond acceptors (Lipinski definition) is 9. The summed E-state index contributed by atoms with van der Waals surface area (Å²) in [6.45, 7) is 0. The summed E-state index contributed by atoms with van der Waals surface area (Å²) in [5, 5.41) is 0. The standard InChI is InChI=1S/C14H14F2N4O6S/c1-24-7-4-5-9(20-27(22,23)12(15)16)8(6-7)10(21)11-17-13(25-2)19-14(18-11)26-3/h4-6,12,20H,1-3H3. The minimum atomic E-state index is -5.01. The Morgan fingerprint density at radius 2 is 1.63 bits per heavy atom. The molecule has 0 fully saturated rings. The fourth-order valence-electron chi connectivity index (χ4n) is 1.87. The third-order valence-corrected chi connectivity index (χ3v) is 4.09. The molecule has 0 spiro atoms. The van der Waals surface area contributed by atoms with Gasteiger partial charge in [-0.15, -0.1) is 4.98 Å². The lowest BCUT2D eigenvalue weighted by atomic mass is 10.1. The van der Waals surface area contributed by atoms with E-state index in [1.165, 1.54) is 27.4 Å². The topological polar surface area (TPSA) is 130 Å². The van der Waals surface area contributed by atoms with Crippen molar-refractivity contribution in [3.8, 4) is 17.8 Å². The molecule has 27 heavy (non-hydrogen) atoms. The van der Waals surface area contributed by atoms with E-state index < -0.39 is 33.1 Å². The number of aromatic nitrogens is 3. The largest absolute Gasteiger partial charge is 0.497 e. The van der Waals surface area contributed by atoms with E-state index in [-0.39, 0.29) is 23.3 Å². The van der Waals surface area contributed by atoms with Crippen molar-refractivity contribution in [2.75, 3.05) is 26.1 Å². The van der Waals surface area contributed by atoms with Gasteiger partial charge >= 0.3 is 17.8 Å². The Kier molecular flexibility index (Phi) is 6.05. The number of rotatable bonds is 8.